The van der Waals surface area contributed by atoms with E-state index in [1.807, 2.05) is 0 Å². The van der Waals surface area contributed by atoms with Crippen molar-refractivity contribution in [1.82, 2.24) is 10.2 Å². The molecular formula is C14H16F4N2O. The van der Waals surface area contributed by atoms with E-state index >= 15 is 0 Å². The van der Waals surface area contributed by atoms with E-state index in [1.165, 1.54) is 18.2 Å². The number of nitrogens with one attached hydrogen (secondary N) is 1. The molecule has 0 unspecified atom stereocenters. The number of piperidine rings is 1. The van der Waals surface area contributed by atoms with Crippen molar-refractivity contribution in [3.8, 4) is 0 Å². The van der Waals surface area contributed by atoms with Gasteiger partial charge >= 0.3 is 6.18 Å². The van der Waals surface area contributed by atoms with Crippen molar-refractivity contribution in [2.75, 3.05) is 19.6 Å². The number of carbonyl (C=O) groups is 1. The quantitative estimate of drug-likeness (QED) is 0.871. The molecule has 7 heteroatoms. The van der Waals surface area contributed by atoms with Crippen LogP contribution in [0.25, 0.3) is 0 Å². The van der Waals surface area contributed by atoms with Gasteiger partial charge in [-0.2, -0.15) is 13.2 Å². The molecule has 1 aromatic carbocycles. The van der Waals surface area contributed by atoms with Crippen LogP contribution in [0.1, 0.15) is 23.2 Å². The van der Waals surface area contributed by atoms with E-state index in [2.05, 4.69) is 5.32 Å². The summed E-state index contributed by atoms with van der Waals surface area (Å²) in [5.74, 6) is -1.71. The molecule has 0 aliphatic carbocycles. The number of halogens is 4. The summed E-state index contributed by atoms with van der Waals surface area (Å²) in [6, 6.07) is 4.58. The van der Waals surface area contributed by atoms with Crippen LogP contribution in [0.4, 0.5) is 17.6 Å². The van der Waals surface area contributed by atoms with Gasteiger partial charge in [0.15, 0.2) is 0 Å². The number of alkyl halides is 3. The number of benzene rings is 1. The lowest BCUT2D eigenvalue weighted by atomic mass is 10.0. The Morgan fingerprint density at radius 2 is 1.86 bits per heavy atom. The first-order valence-electron chi connectivity index (χ1n) is 6.71. The topological polar surface area (TPSA) is 32.3 Å². The Labute approximate surface area is 119 Å². The monoisotopic (exact) mass is 304 g/mol. The summed E-state index contributed by atoms with van der Waals surface area (Å²) < 4.78 is 51.9. The molecular weight excluding hydrogens is 288 g/mol. The average molecular weight is 304 g/mol. The van der Waals surface area contributed by atoms with E-state index in [1.54, 1.807) is 0 Å². The summed E-state index contributed by atoms with van der Waals surface area (Å²) in [6.07, 6.45) is -3.65. The Bertz CT molecular complexity index is 498. The molecule has 0 saturated carbocycles. The molecule has 1 aliphatic heterocycles. The van der Waals surface area contributed by atoms with Crippen LogP contribution >= 0.6 is 0 Å². The van der Waals surface area contributed by atoms with Crippen molar-refractivity contribution in [3.05, 3.63) is 35.6 Å². The average Bonchev–Trinajstić information content (AvgIpc) is 2.45. The Morgan fingerprint density at radius 1 is 1.24 bits per heavy atom. The number of amides is 1. The Balaban J connectivity index is 2.25. The zero-order valence-electron chi connectivity index (χ0n) is 11.3. The van der Waals surface area contributed by atoms with Crippen molar-refractivity contribution in [2.45, 2.75) is 25.1 Å². The van der Waals surface area contributed by atoms with E-state index in [4.69, 9.17) is 0 Å². The molecule has 0 radical (unpaired) electrons. The zero-order valence-corrected chi connectivity index (χ0v) is 11.3. The molecule has 1 aromatic rings. The Morgan fingerprint density at radius 3 is 2.43 bits per heavy atom. The van der Waals surface area contributed by atoms with E-state index in [0.717, 1.165) is 11.0 Å². The highest BCUT2D eigenvalue weighted by Gasteiger charge is 2.37. The van der Waals surface area contributed by atoms with Gasteiger partial charge in [0, 0.05) is 6.04 Å². The summed E-state index contributed by atoms with van der Waals surface area (Å²) in [5, 5.41) is 3.03. The summed E-state index contributed by atoms with van der Waals surface area (Å²) in [7, 11) is 0. The maximum Gasteiger partial charge on any atom is 0.406 e. The van der Waals surface area contributed by atoms with Crippen LogP contribution in [0.15, 0.2) is 24.3 Å². The molecule has 1 heterocycles. The predicted molar refractivity (Wildman–Crippen MR) is 69.4 cm³/mol. The molecule has 0 spiro atoms. The molecule has 0 bridgehead atoms. The van der Waals surface area contributed by atoms with Crippen LogP contribution in [0.3, 0.4) is 0 Å². The van der Waals surface area contributed by atoms with E-state index in [-0.39, 0.29) is 5.56 Å². The van der Waals surface area contributed by atoms with Crippen molar-refractivity contribution < 1.29 is 22.4 Å². The van der Waals surface area contributed by atoms with Gasteiger partial charge in [-0.1, -0.05) is 12.1 Å². The van der Waals surface area contributed by atoms with Crippen LogP contribution in [0.5, 0.6) is 0 Å². The van der Waals surface area contributed by atoms with Gasteiger partial charge in [-0.3, -0.25) is 4.79 Å². The number of nitrogens with zero attached hydrogens (tertiary/aromatic N) is 1. The van der Waals surface area contributed by atoms with E-state index in [9.17, 15) is 22.4 Å². The first-order valence-corrected chi connectivity index (χ1v) is 6.71. The largest absolute Gasteiger partial charge is 0.406 e. The zero-order chi connectivity index (χ0) is 15.5. The first-order chi connectivity index (χ1) is 9.88. The Hall–Kier alpha value is -1.63. The van der Waals surface area contributed by atoms with Crippen LogP contribution in [0, 0.1) is 5.82 Å². The third-order valence-electron chi connectivity index (χ3n) is 3.46. The molecule has 1 N–H and O–H groups in total. The molecule has 1 amide bonds. The minimum Gasteiger partial charge on any atom is -0.326 e. The summed E-state index contributed by atoms with van der Waals surface area (Å²) in [6.45, 7) is -0.266. The maximum atomic E-state index is 13.7. The summed E-state index contributed by atoms with van der Waals surface area (Å²) in [4.78, 5) is 13.1. The summed E-state index contributed by atoms with van der Waals surface area (Å²) in [5.41, 5.74) is -0.319. The van der Waals surface area contributed by atoms with E-state index < -0.39 is 30.5 Å². The van der Waals surface area contributed by atoms with Crippen molar-refractivity contribution in [1.29, 1.82) is 0 Å². The molecule has 3 nitrogen and oxygen atoms in total. The van der Waals surface area contributed by atoms with Crippen molar-refractivity contribution in [3.63, 3.8) is 0 Å². The second kappa shape index (κ2) is 6.43. The van der Waals surface area contributed by atoms with Crippen molar-refractivity contribution >= 4 is 5.91 Å². The minimum absolute atomic E-state index is 0.319. The minimum atomic E-state index is -4.51. The predicted octanol–water partition coefficient (Wildman–Crippen LogP) is 2.58. The molecule has 1 aliphatic rings. The van der Waals surface area contributed by atoms with E-state index in [0.29, 0.717) is 25.9 Å². The Kier molecular flexibility index (Phi) is 4.82. The number of hydrogen-bond acceptors (Lipinski definition) is 2. The lowest BCUT2D eigenvalue weighted by molar-refractivity contribution is -0.145. The van der Waals surface area contributed by atoms with Crippen LogP contribution in [-0.2, 0) is 0 Å². The highest BCUT2D eigenvalue weighted by molar-refractivity contribution is 5.94. The third kappa shape index (κ3) is 4.17. The number of hydrogen-bond donors (Lipinski definition) is 1. The van der Waals surface area contributed by atoms with Crippen LogP contribution < -0.4 is 5.32 Å². The third-order valence-corrected chi connectivity index (χ3v) is 3.46. The fourth-order valence-corrected chi connectivity index (χ4v) is 2.47. The maximum absolute atomic E-state index is 13.7. The standard InChI is InChI=1S/C14H16F4N2O/c15-12-4-2-1-3-11(12)13(21)20(9-14(16,17)18)10-5-7-19-8-6-10/h1-4,10,19H,5-9H2. The van der Waals surface area contributed by atoms with Gasteiger partial charge in [0.1, 0.15) is 12.4 Å². The van der Waals surface area contributed by atoms with Gasteiger partial charge in [-0.25, -0.2) is 4.39 Å². The fourth-order valence-electron chi connectivity index (χ4n) is 2.47. The smallest absolute Gasteiger partial charge is 0.326 e. The summed E-state index contributed by atoms with van der Waals surface area (Å²) >= 11 is 0. The van der Waals surface area contributed by atoms with Gasteiger partial charge in [0.05, 0.1) is 5.56 Å². The highest BCUT2D eigenvalue weighted by Crippen LogP contribution is 2.24. The highest BCUT2D eigenvalue weighted by atomic mass is 19.4. The number of carbonyl (C=O) groups excluding carboxylic acids is 1. The van der Waals surface area contributed by atoms with Gasteiger partial charge < -0.3 is 10.2 Å². The second-order valence-electron chi connectivity index (χ2n) is 5.01. The molecule has 1 saturated heterocycles. The van der Waals surface area contributed by atoms with Gasteiger partial charge in [-0.05, 0) is 38.1 Å². The lowest BCUT2D eigenvalue weighted by Crippen LogP contribution is -2.49. The molecule has 2 rings (SSSR count). The number of rotatable bonds is 3. The fraction of sp³-hybridized carbons (Fsp3) is 0.500. The SMILES string of the molecule is O=C(c1ccccc1F)N(CC(F)(F)F)C1CCNCC1. The van der Waals surface area contributed by atoms with Gasteiger partial charge in [0.25, 0.3) is 5.91 Å². The molecule has 21 heavy (non-hydrogen) atoms. The lowest BCUT2D eigenvalue weighted by Gasteiger charge is -2.35. The van der Waals surface area contributed by atoms with Gasteiger partial charge in [-0.15, -0.1) is 0 Å². The second-order valence-corrected chi connectivity index (χ2v) is 5.01. The van der Waals surface area contributed by atoms with Gasteiger partial charge in [0.2, 0.25) is 0 Å². The van der Waals surface area contributed by atoms with Crippen LogP contribution in [-0.4, -0.2) is 42.7 Å². The molecule has 1 fully saturated rings. The molecule has 116 valence electrons. The normalized spacial score (nSPS) is 16.8. The van der Waals surface area contributed by atoms with Crippen molar-refractivity contribution in [2.24, 2.45) is 0 Å². The first kappa shape index (κ1) is 15.8. The molecule has 0 aromatic heterocycles. The van der Waals surface area contributed by atoms with Crippen LogP contribution in [0.2, 0.25) is 0 Å². The molecule has 0 atom stereocenters.